The van der Waals surface area contributed by atoms with Crippen molar-refractivity contribution < 1.29 is 0 Å². The predicted molar refractivity (Wildman–Crippen MR) is 78.8 cm³/mol. The zero-order chi connectivity index (χ0) is 13.0. The van der Waals surface area contributed by atoms with Crippen molar-refractivity contribution in [2.24, 2.45) is 11.3 Å². The lowest BCUT2D eigenvalue weighted by Crippen LogP contribution is -2.09. The highest BCUT2D eigenvalue weighted by Crippen LogP contribution is 2.22. The smallest absolute Gasteiger partial charge is 0.0381 e. The minimum Gasteiger partial charge on any atom is -0.356 e. The highest BCUT2D eigenvalue weighted by molar-refractivity contribution is 5.36. The van der Waals surface area contributed by atoms with Crippen molar-refractivity contribution in [3.05, 3.63) is 72.2 Å². The molecule has 1 unspecified atom stereocenters. The van der Waals surface area contributed by atoms with Crippen LogP contribution in [0.25, 0.3) is 0 Å². The van der Waals surface area contributed by atoms with Crippen molar-refractivity contribution in [3.8, 4) is 0 Å². The minimum absolute atomic E-state index is 0.127. The molecule has 1 heteroatoms. The average molecular weight is 239 g/mol. The van der Waals surface area contributed by atoms with E-state index in [4.69, 9.17) is 0 Å². The van der Waals surface area contributed by atoms with Crippen LogP contribution < -0.4 is 5.32 Å². The van der Waals surface area contributed by atoms with E-state index in [9.17, 15) is 0 Å². The molecule has 2 aliphatic carbocycles. The number of allylic oxidation sites excluding steroid dienone is 10. The van der Waals surface area contributed by atoms with Gasteiger partial charge in [-0.2, -0.15) is 0 Å². The number of hydrogen-bond donors (Lipinski definition) is 1. The van der Waals surface area contributed by atoms with E-state index >= 15 is 0 Å². The van der Waals surface area contributed by atoms with Crippen molar-refractivity contribution in [2.45, 2.75) is 20.8 Å². The molecule has 2 aliphatic rings. The summed E-state index contributed by atoms with van der Waals surface area (Å²) >= 11 is 0. The summed E-state index contributed by atoms with van der Waals surface area (Å²) in [6.45, 7) is 6.58. The van der Waals surface area contributed by atoms with E-state index in [0.717, 1.165) is 11.4 Å². The van der Waals surface area contributed by atoms with Gasteiger partial charge in [0.2, 0.25) is 0 Å². The maximum absolute atomic E-state index is 3.44. The summed E-state index contributed by atoms with van der Waals surface area (Å²) < 4.78 is 0. The van der Waals surface area contributed by atoms with Crippen molar-refractivity contribution in [1.82, 2.24) is 5.32 Å². The zero-order valence-corrected chi connectivity index (χ0v) is 11.4. The molecule has 94 valence electrons. The Bertz CT molecular complexity index is 482. The Balaban J connectivity index is 2.10. The second kappa shape index (κ2) is 5.26. The Morgan fingerprint density at radius 1 is 0.944 bits per heavy atom. The summed E-state index contributed by atoms with van der Waals surface area (Å²) in [6.07, 6.45) is 21.5. The van der Waals surface area contributed by atoms with Gasteiger partial charge >= 0.3 is 0 Å². The quantitative estimate of drug-likeness (QED) is 0.759. The van der Waals surface area contributed by atoms with Crippen molar-refractivity contribution in [3.63, 3.8) is 0 Å². The third-order valence-electron chi connectivity index (χ3n) is 3.05. The fourth-order valence-electron chi connectivity index (χ4n) is 1.86. The molecular formula is C17H21N. The van der Waals surface area contributed by atoms with Crippen LogP contribution in [0.5, 0.6) is 0 Å². The highest BCUT2D eigenvalue weighted by Gasteiger charge is 2.10. The van der Waals surface area contributed by atoms with Gasteiger partial charge in [-0.3, -0.25) is 0 Å². The lowest BCUT2D eigenvalue weighted by Gasteiger charge is -2.12. The summed E-state index contributed by atoms with van der Waals surface area (Å²) in [6, 6.07) is 0. The lowest BCUT2D eigenvalue weighted by atomic mass is 9.93. The molecule has 0 saturated carbocycles. The molecule has 0 heterocycles. The first kappa shape index (κ1) is 12.7. The molecule has 0 aromatic rings. The van der Waals surface area contributed by atoms with Crippen LogP contribution in [0.15, 0.2) is 72.2 Å². The topological polar surface area (TPSA) is 12.0 Å². The zero-order valence-electron chi connectivity index (χ0n) is 11.4. The summed E-state index contributed by atoms with van der Waals surface area (Å²) in [5.74, 6) is 0.498. The molecule has 0 aliphatic heterocycles. The van der Waals surface area contributed by atoms with Crippen molar-refractivity contribution in [2.75, 3.05) is 0 Å². The Hall–Kier alpha value is -1.76. The summed E-state index contributed by atoms with van der Waals surface area (Å²) in [5.41, 5.74) is 2.37. The lowest BCUT2D eigenvalue weighted by molar-refractivity contribution is 0.626. The maximum Gasteiger partial charge on any atom is 0.0381 e. The van der Waals surface area contributed by atoms with Gasteiger partial charge in [0.15, 0.2) is 0 Å². The van der Waals surface area contributed by atoms with E-state index in [1.807, 2.05) is 0 Å². The Morgan fingerprint density at radius 2 is 1.67 bits per heavy atom. The van der Waals surface area contributed by atoms with Gasteiger partial charge in [-0.05, 0) is 30.2 Å². The normalized spacial score (nSPS) is 25.2. The number of rotatable bonds is 2. The molecule has 1 atom stereocenters. The maximum atomic E-state index is 3.44. The Labute approximate surface area is 110 Å². The van der Waals surface area contributed by atoms with E-state index in [1.54, 1.807) is 0 Å². The van der Waals surface area contributed by atoms with Crippen LogP contribution in [0.1, 0.15) is 20.8 Å². The highest BCUT2D eigenvalue weighted by atomic mass is 14.9. The molecule has 0 saturated heterocycles. The van der Waals surface area contributed by atoms with Gasteiger partial charge in [-0.25, -0.2) is 0 Å². The predicted octanol–water partition coefficient (Wildman–Crippen LogP) is 4.26. The molecule has 18 heavy (non-hydrogen) atoms. The molecule has 0 amide bonds. The van der Waals surface area contributed by atoms with Crippen LogP contribution in [-0.4, -0.2) is 0 Å². The fraction of sp³-hybridized carbons (Fsp3) is 0.294. The number of hydrogen-bond acceptors (Lipinski definition) is 1. The van der Waals surface area contributed by atoms with Gasteiger partial charge in [0.1, 0.15) is 0 Å². The van der Waals surface area contributed by atoms with Crippen molar-refractivity contribution >= 4 is 0 Å². The van der Waals surface area contributed by atoms with Crippen LogP contribution in [0.2, 0.25) is 0 Å². The molecule has 0 bridgehead atoms. The second-order valence-electron chi connectivity index (χ2n) is 5.49. The molecule has 0 aromatic carbocycles. The molecule has 0 radical (unpaired) electrons. The van der Waals surface area contributed by atoms with Gasteiger partial charge in [-0.15, -0.1) is 0 Å². The SMILES string of the molecule is CC1C=CC=C(NC2=CC=CC(C)(C)C=C2)C=C1. The van der Waals surface area contributed by atoms with Crippen LogP contribution in [0.4, 0.5) is 0 Å². The van der Waals surface area contributed by atoms with E-state index in [1.165, 1.54) is 0 Å². The minimum atomic E-state index is 0.127. The first-order chi connectivity index (χ1) is 8.55. The average Bonchev–Trinajstić information content (AvgIpc) is 2.59. The van der Waals surface area contributed by atoms with Crippen LogP contribution in [0, 0.1) is 11.3 Å². The van der Waals surface area contributed by atoms with Gasteiger partial charge in [0, 0.05) is 16.8 Å². The van der Waals surface area contributed by atoms with E-state index in [0.29, 0.717) is 5.92 Å². The second-order valence-corrected chi connectivity index (χ2v) is 5.49. The van der Waals surface area contributed by atoms with Crippen molar-refractivity contribution in [1.29, 1.82) is 0 Å². The number of nitrogens with one attached hydrogen (secondary N) is 1. The molecule has 0 spiro atoms. The molecule has 1 N–H and O–H groups in total. The first-order valence-corrected chi connectivity index (χ1v) is 6.48. The third-order valence-corrected chi connectivity index (χ3v) is 3.05. The summed E-state index contributed by atoms with van der Waals surface area (Å²) in [4.78, 5) is 0. The molecule has 2 rings (SSSR count). The van der Waals surface area contributed by atoms with Crippen LogP contribution in [0.3, 0.4) is 0 Å². The summed E-state index contributed by atoms with van der Waals surface area (Å²) in [5, 5.41) is 3.44. The van der Waals surface area contributed by atoms with Gasteiger partial charge in [0.05, 0.1) is 0 Å². The Kier molecular flexibility index (Phi) is 3.71. The fourth-order valence-corrected chi connectivity index (χ4v) is 1.86. The van der Waals surface area contributed by atoms with Gasteiger partial charge < -0.3 is 5.32 Å². The first-order valence-electron chi connectivity index (χ1n) is 6.48. The largest absolute Gasteiger partial charge is 0.356 e. The monoisotopic (exact) mass is 239 g/mol. The van der Waals surface area contributed by atoms with Gasteiger partial charge in [-0.1, -0.05) is 57.2 Å². The van der Waals surface area contributed by atoms with E-state index in [2.05, 4.69) is 86.8 Å². The summed E-state index contributed by atoms with van der Waals surface area (Å²) in [7, 11) is 0. The van der Waals surface area contributed by atoms with Gasteiger partial charge in [0.25, 0.3) is 0 Å². The van der Waals surface area contributed by atoms with Crippen LogP contribution >= 0.6 is 0 Å². The molecule has 0 aromatic heterocycles. The molecular weight excluding hydrogens is 218 g/mol. The standard InChI is InChI=1S/C17H21N/c1-14-6-4-7-15(10-9-14)18-16-8-5-12-17(2,3)13-11-16/h4-14,18H,1-3H3. The Morgan fingerprint density at radius 3 is 2.50 bits per heavy atom. The third kappa shape index (κ3) is 3.63. The molecule has 1 nitrogen and oxygen atoms in total. The van der Waals surface area contributed by atoms with E-state index in [-0.39, 0.29) is 5.41 Å². The van der Waals surface area contributed by atoms with E-state index < -0.39 is 0 Å². The molecule has 0 fully saturated rings. The van der Waals surface area contributed by atoms with Crippen LogP contribution in [-0.2, 0) is 0 Å².